The van der Waals surface area contributed by atoms with Crippen LogP contribution in [0, 0.1) is 6.92 Å². The summed E-state index contributed by atoms with van der Waals surface area (Å²) in [7, 11) is 1.87. The van der Waals surface area contributed by atoms with Gasteiger partial charge < -0.3 is 4.57 Å². The van der Waals surface area contributed by atoms with Crippen LogP contribution < -0.4 is 0 Å². The molecule has 2 aromatic rings. The van der Waals surface area contributed by atoms with Gasteiger partial charge in [0, 0.05) is 12.4 Å². The van der Waals surface area contributed by atoms with E-state index in [2.05, 4.69) is 0 Å². The zero-order chi connectivity index (χ0) is 10.3. The molecule has 0 saturated heterocycles. The zero-order valence-electron chi connectivity index (χ0n) is 8.04. The minimum Gasteiger partial charge on any atom is -0.341 e. The molecule has 72 valence electrons. The lowest BCUT2D eigenvalue weighted by Gasteiger charge is -1.97. The number of carbonyl (C=O) groups excluding carboxylic acids is 1. The molecular formula is C11H10ClNO. The van der Waals surface area contributed by atoms with E-state index in [1.54, 1.807) is 0 Å². The van der Waals surface area contributed by atoms with Crippen LogP contribution in [0.5, 0.6) is 0 Å². The van der Waals surface area contributed by atoms with Gasteiger partial charge in [-0.15, -0.1) is 0 Å². The van der Waals surface area contributed by atoms with E-state index in [9.17, 15) is 4.79 Å². The number of nitrogens with zero attached hydrogens (tertiary/aromatic N) is 1. The number of rotatable bonds is 1. The van der Waals surface area contributed by atoms with Crippen molar-refractivity contribution in [2.24, 2.45) is 7.05 Å². The minimum absolute atomic E-state index is 0.688. The first-order valence-electron chi connectivity index (χ1n) is 4.35. The Hall–Kier alpha value is -1.28. The molecule has 2 rings (SSSR count). The molecule has 0 spiro atoms. The Bertz CT molecular complexity index is 513. The van der Waals surface area contributed by atoms with Gasteiger partial charge in [-0.25, -0.2) is 0 Å². The fourth-order valence-electron chi connectivity index (χ4n) is 1.84. The number of carbonyl (C=O) groups is 1. The predicted octanol–water partition coefficient (Wildman–Crippen LogP) is 2.95. The smallest absolute Gasteiger partial charge is 0.166 e. The first kappa shape index (κ1) is 9.28. The summed E-state index contributed by atoms with van der Waals surface area (Å²) in [5.74, 6) is 0. The van der Waals surface area contributed by atoms with Gasteiger partial charge in [-0.2, -0.15) is 0 Å². The van der Waals surface area contributed by atoms with Crippen molar-refractivity contribution >= 4 is 28.8 Å². The molecule has 1 aromatic heterocycles. The number of aromatic nitrogens is 1. The van der Waals surface area contributed by atoms with Crippen LogP contribution in [-0.2, 0) is 7.05 Å². The summed E-state index contributed by atoms with van der Waals surface area (Å²) >= 11 is 6.08. The fraction of sp³-hybridized carbons (Fsp3) is 0.182. The number of fused-ring (bicyclic) bond motifs is 1. The highest BCUT2D eigenvalue weighted by atomic mass is 35.5. The lowest BCUT2D eigenvalue weighted by atomic mass is 10.1. The van der Waals surface area contributed by atoms with Crippen molar-refractivity contribution in [3.63, 3.8) is 0 Å². The number of benzene rings is 1. The summed E-state index contributed by atoms with van der Waals surface area (Å²) in [5.41, 5.74) is 2.63. The van der Waals surface area contributed by atoms with Gasteiger partial charge in [0.05, 0.1) is 16.2 Å². The maximum absolute atomic E-state index is 10.9. The number of aryl methyl sites for hydroxylation is 2. The SMILES string of the molecule is Cc1c(C=O)n(C)c2cccc(Cl)c12. The molecule has 1 heterocycles. The Morgan fingerprint density at radius 3 is 2.71 bits per heavy atom. The molecule has 0 aliphatic heterocycles. The highest BCUT2D eigenvalue weighted by Crippen LogP contribution is 2.29. The monoisotopic (exact) mass is 207 g/mol. The normalized spacial score (nSPS) is 10.8. The fourth-order valence-corrected chi connectivity index (χ4v) is 2.15. The van der Waals surface area contributed by atoms with Gasteiger partial charge in [-0.3, -0.25) is 4.79 Å². The van der Waals surface area contributed by atoms with Gasteiger partial charge >= 0.3 is 0 Å². The molecule has 0 bridgehead atoms. The molecule has 0 atom stereocenters. The number of halogens is 1. The summed E-state index contributed by atoms with van der Waals surface area (Å²) in [6.07, 6.45) is 0.867. The quantitative estimate of drug-likeness (QED) is 0.659. The minimum atomic E-state index is 0.688. The van der Waals surface area contributed by atoms with E-state index in [1.165, 1.54) is 0 Å². The molecule has 14 heavy (non-hydrogen) atoms. The van der Waals surface area contributed by atoms with Crippen LogP contribution >= 0.6 is 11.6 Å². The third-order valence-electron chi connectivity index (χ3n) is 2.59. The van der Waals surface area contributed by atoms with Crippen LogP contribution in [0.3, 0.4) is 0 Å². The number of hydrogen-bond acceptors (Lipinski definition) is 1. The van der Waals surface area contributed by atoms with Crippen LogP contribution in [0.4, 0.5) is 0 Å². The van der Waals surface area contributed by atoms with E-state index in [4.69, 9.17) is 11.6 Å². The molecular weight excluding hydrogens is 198 g/mol. The maximum Gasteiger partial charge on any atom is 0.166 e. The molecule has 1 aromatic carbocycles. The summed E-state index contributed by atoms with van der Waals surface area (Å²) in [6.45, 7) is 1.91. The van der Waals surface area contributed by atoms with Crippen LogP contribution in [0.25, 0.3) is 10.9 Å². The van der Waals surface area contributed by atoms with E-state index in [0.29, 0.717) is 10.7 Å². The van der Waals surface area contributed by atoms with Crippen molar-refractivity contribution in [3.05, 3.63) is 34.5 Å². The summed E-state index contributed by atoms with van der Waals surface area (Å²) < 4.78 is 1.86. The Balaban J connectivity index is 3.01. The Morgan fingerprint density at radius 1 is 1.43 bits per heavy atom. The summed E-state index contributed by atoms with van der Waals surface area (Å²) in [5, 5.41) is 1.67. The Kier molecular flexibility index (Phi) is 2.08. The van der Waals surface area contributed by atoms with Gasteiger partial charge in [0.1, 0.15) is 0 Å². The first-order chi connectivity index (χ1) is 6.66. The standard InChI is InChI=1S/C11H10ClNO/c1-7-10(6-14)13(2)9-5-3-4-8(12)11(7)9/h3-6H,1-2H3. The predicted molar refractivity (Wildman–Crippen MR) is 58.1 cm³/mol. The van der Waals surface area contributed by atoms with Gasteiger partial charge in [0.25, 0.3) is 0 Å². The first-order valence-corrected chi connectivity index (χ1v) is 4.73. The molecule has 0 aliphatic rings. The lowest BCUT2D eigenvalue weighted by Crippen LogP contribution is -1.94. The third-order valence-corrected chi connectivity index (χ3v) is 2.90. The second-order valence-electron chi connectivity index (χ2n) is 3.32. The molecule has 0 saturated carbocycles. The van der Waals surface area contributed by atoms with Crippen molar-refractivity contribution in [3.8, 4) is 0 Å². The van der Waals surface area contributed by atoms with Crippen LogP contribution in [0.1, 0.15) is 16.1 Å². The number of hydrogen-bond donors (Lipinski definition) is 0. The van der Waals surface area contributed by atoms with E-state index < -0.39 is 0 Å². The largest absolute Gasteiger partial charge is 0.341 e. The van der Waals surface area contributed by atoms with Crippen molar-refractivity contribution in [1.82, 2.24) is 4.57 Å². The van der Waals surface area contributed by atoms with Crippen molar-refractivity contribution in [2.75, 3.05) is 0 Å². The summed E-state index contributed by atoms with van der Waals surface area (Å²) in [4.78, 5) is 10.9. The topological polar surface area (TPSA) is 22.0 Å². The van der Waals surface area contributed by atoms with Crippen LogP contribution in [0.15, 0.2) is 18.2 Å². The lowest BCUT2D eigenvalue weighted by molar-refractivity contribution is 0.111. The molecule has 0 unspecified atom stereocenters. The van der Waals surface area contributed by atoms with Gasteiger partial charge in [-0.1, -0.05) is 17.7 Å². The third kappa shape index (κ3) is 1.07. The molecule has 0 N–H and O–H groups in total. The Labute approximate surface area is 87.1 Å². The van der Waals surface area contributed by atoms with Crippen LogP contribution in [-0.4, -0.2) is 10.9 Å². The van der Waals surface area contributed by atoms with Gasteiger partial charge in [0.15, 0.2) is 6.29 Å². The number of aldehydes is 1. The summed E-state index contributed by atoms with van der Waals surface area (Å²) in [6, 6.07) is 5.69. The highest BCUT2D eigenvalue weighted by Gasteiger charge is 2.12. The molecule has 0 radical (unpaired) electrons. The van der Waals surface area contributed by atoms with E-state index in [0.717, 1.165) is 22.8 Å². The van der Waals surface area contributed by atoms with E-state index in [1.807, 2.05) is 36.7 Å². The van der Waals surface area contributed by atoms with E-state index >= 15 is 0 Å². The average molecular weight is 208 g/mol. The molecule has 3 heteroatoms. The molecule has 2 nitrogen and oxygen atoms in total. The second kappa shape index (κ2) is 3.14. The Morgan fingerprint density at radius 2 is 2.14 bits per heavy atom. The highest BCUT2D eigenvalue weighted by molar-refractivity contribution is 6.36. The van der Waals surface area contributed by atoms with Crippen molar-refractivity contribution in [2.45, 2.75) is 6.92 Å². The molecule has 0 fully saturated rings. The maximum atomic E-state index is 10.9. The second-order valence-corrected chi connectivity index (χ2v) is 3.73. The van der Waals surface area contributed by atoms with Crippen molar-refractivity contribution in [1.29, 1.82) is 0 Å². The van der Waals surface area contributed by atoms with Crippen LogP contribution in [0.2, 0.25) is 5.02 Å². The molecule has 0 amide bonds. The van der Waals surface area contributed by atoms with Crippen molar-refractivity contribution < 1.29 is 4.79 Å². The van der Waals surface area contributed by atoms with E-state index in [-0.39, 0.29) is 0 Å². The average Bonchev–Trinajstić information content (AvgIpc) is 2.41. The molecule has 0 aliphatic carbocycles. The van der Waals surface area contributed by atoms with Gasteiger partial charge in [0.2, 0.25) is 0 Å². The van der Waals surface area contributed by atoms with Gasteiger partial charge in [-0.05, 0) is 24.6 Å². The zero-order valence-corrected chi connectivity index (χ0v) is 8.80.